The Labute approximate surface area is 107 Å². The molecule has 1 saturated heterocycles. The summed E-state index contributed by atoms with van der Waals surface area (Å²) in [6, 6.07) is -0.585. The number of piperidine rings is 1. The molecule has 0 spiro atoms. The Bertz CT molecular complexity index is 371. The zero-order valence-electron chi connectivity index (χ0n) is 10.8. The molecule has 0 aromatic rings. The molecule has 4 nitrogen and oxygen atoms in total. The largest absolute Gasteiger partial charge is 0.480 e. The molecule has 1 heterocycles. The number of fused-ring (bicyclic) bond motifs is 1. The highest BCUT2D eigenvalue weighted by Crippen LogP contribution is 2.54. The lowest BCUT2D eigenvalue weighted by atomic mass is 9.90. The number of rotatable bonds is 2. The van der Waals surface area contributed by atoms with E-state index in [1.807, 2.05) is 0 Å². The van der Waals surface area contributed by atoms with Crippen LogP contribution in [-0.4, -0.2) is 34.5 Å². The predicted molar refractivity (Wildman–Crippen MR) is 65.9 cm³/mol. The van der Waals surface area contributed by atoms with Crippen molar-refractivity contribution >= 4 is 11.9 Å². The van der Waals surface area contributed by atoms with Gasteiger partial charge in [0.25, 0.3) is 0 Å². The fourth-order valence-corrected chi connectivity index (χ4v) is 3.79. The Balaban J connectivity index is 1.68. The molecule has 0 aromatic heterocycles. The van der Waals surface area contributed by atoms with E-state index in [4.69, 9.17) is 0 Å². The summed E-state index contributed by atoms with van der Waals surface area (Å²) in [6.07, 6.45) is 4.85. The van der Waals surface area contributed by atoms with Gasteiger partial charge in [0, 0.05) is 12.5 Å². The van der Waals surface area contributed by atoms with E-state index in [0.717, 1.165) is 31.1 Å². The van der Waals surface area contributed by atoms with E-state index in [9.17, 15) is 14.7 Å². The first-order valence-electron chi connectivity index (χ1n) is 7.09. The number of carboxylic acid groups (broad SMARTS) is 1. The third kappa shape index (κ3) is 2.02. The minimum Gasteiger partial charge on any atom is -0.480 e. The monoisotopic (exact) mass is 251 g/mol. The highest BCUT2D eigenvalue weighted by Gasteiger charge is 2.50. The Morgan fingerprint density at radius 1 is 1.11 bits per heavy atom. The topological polar surface area (TPSA) is 57.6 Å². The van der Waals surface area contributed by atoms with Crippen molar-refractivity contribution in [3.05, 3.63) is 0 Å². The van der Waals surface area contributed by atoms with Gasteiger partial charge in [0.15, 0.2) is 0 Å². The third-order valence-corrected chi connectivity index (χ3v) is 5.03. The van der Waals surface area contributed by atoms with Crippen LogP contribution in [0.1, 0.15) is 39.0 Å². The smallest absolute Gasteiger partial charge is 0.326 e. The van der Waals surface area contributed by atoms with E-state index in [-0.39, 0.29) is 11.8 Å². The number of amides is 1. The molecule has 3 aliphatic rings. The molecule has 4 atom stereocenters. The summed E-state index contributed by atoms with van der Waals surface area (Å²) >= 11 is 0. The van der Waals surface area contributed by atoms with Gasteiger partial charge in [-0.1, -0.05) is 6.92 Å². The van der Waals surface area contributed by atoms with Crippen LogP contribution in [0.15, 0.2) is 0 Å². The maximum Gasteiger partial charge on any atom is 0.326 e. The number of carbonyl (C=O) groups excluding carboxylic acids is 1. The Kier molecular flexibility index (Phi) is 2.83. The molecule has 100 valence electrons. The SMILES string of the molecule is CC1CCN(C(=O)C2CC3CC3C2)C(C(=O)O)C1. The number of aliphatic carboxylic acids is 1. The minimum atomic E-state index is -0.835. The Morgan fingerprint density at radius 3 is 2.39 bits per heavy atom. The summed E-state index contributed by atoms with van der Waals surface area (Å²) in [5.41, 5.74) is 0. The standard InChI is InChI=1S/C14H21NO3/c1-8-2-3-15(12(4-8)14(17)18)13(16)11-6-9-5-10(9)7-11/h8-12H,2-7H2,1H3,(H,17,18). The molecule has 4 heteroatoms. The highest BCUT2D eigenvalue weighted by molar-refractivity contribution is 5.85. The van der Waals surface area contributed by atoms with Crippen LogP contribution in [0.25, 0.3) is 0 Å². The van der Waals surface area contributed by atoms with Crippen molar-refractivity contribution in [2.75, 3.05) is 6.54 Å². The van der Waals surface area contributed by atoms with Gasteiger partial charge >= 0.3 is 5.97 Å². The van der Waals surface area contributed by atoms with Crippen LogP contribution >= 0.6 is 0 Å². The van der Waals surface area contributed by atoms with Crippen LogP contribution in [0.5, 0.6) is 0 Å². The fraction of sp³-hybridized carbons (Fsp3) is 0.857. The Hall–Kier alpha value is -1.06. The van der Waals surface area contributed by atoms with Crippen molar-refractivity contribution in [3.63, 3.8) is 0 Å². The van der Waals surface area contributed by atoms with Crippen molar-refractivity contribution in [3.8, 4) is 0 Å². The van der Waals surface area contributed by atoms with Gasteiger partial charge in [-0.15, -0.1) is 0 Å². The van der Waals surface area contributed by atoms with Gasteiger partial charge < -0.3 is 10.0 Å². The number of carboxylic acids is 1. The molecule has 1 aliphatic heterocycles. The average Bonchev–Trinajstić information content (AvgIpc) is 2.95. The Morgan fingerprint density at radius 2 is 1.78 bits per heavy atom. The van der Waals surface area contributed by atoms with Crippen LogP contribution in [0.4, 0.5) is 0 Å². The van der Waals surface area contributed by atoms with Crippen LogP contribution in [0.2, 0.25) is 0 Å². The highest BCUT2D eigenvalue weighted by atomic mass is 16.4. The lowest BCUT2D eigenvalue weighted by molar-refractivity contribution is -0.155. The summed E-state index contributed by atoms with van der Waals surface area (Å²) in [5, 5.41) is 9.29. The van der Waals surface area contributed by atoms with Crippen LogP contribution in [0, 0.1) is 23.7 Å². The lowest BCUT2D eigenvalue weighted by Crippen LogP contribution is -2.51. The molecule has 1 N–H and O–H groups in total. The second-order valence-corrected chi connectivity index (χ2v) is 6.44. The van der Waals surface area contributed by atoms with E-state index < -0.39 is 12.0 Å². The van der Waals surface area contributed by atoms with Crippen LogP contribution < -0.4 is 0 Å². The first-order chi connectivity index (χ1) is 8.56. The number of likely N-dealkylation sites (tertiary alicyclic amines) is 1. The molecule has 0 aromatic carbocycles. The third-order valence-electron chi connectivity index (χ3n) is 5.03. The molecule has 18 heavy (non-hydrogen) atoms. The molecule has 2 saturated carbocycles. The van der Waals surface area contributed by atoms with Crippen molar-refractivity contribution in [1.82, 2.24) is 4.90 Å². The lowest BCUT2D eigenvalue weighted by Gasteiger charge is -2.37. The average molecular weight is 251 g/mol. The molecule has 4 unspecified atom stereocenters. The number of hydrogen-bond acceptors (Lipinski definition) is 2. The van der Waals surface area contributed by atoms with Crippen molar-refractivity contribution in [2.24, 2.45) is 23.7 Å². The van der Waals surface area contributed by atoms with E-state index in [0.29, 0.717) is 18.9 Å². The van der Waals surface area contributed by atoms with E-state index in [1.165, 1.54) is 6.42 Å². The predicted octanol–water partition coefficient (Wildman–Crippen LogP) is 1.74. The molecule has 1 amide bonds. The molecule has 0 bridgehead atoms. The molecule has 2 aliphatic carbocycles. The van der Waals surface area contributed by atoms with Crippen molar-refractivity contribution in [1.29, 1.82) is 0 Å². The summed E-state index contributed by atoms with van der Waals surface area (Å²) in [4.78, 5) is 25.4. The summed E-state index contributed by atoms with van der Waals surface area (Å²) in [6.45, 7) is 2.70. The minimum absolute atomic E-state index is 0.113. The molecule has 3 fully saturated rings. The number of nitrogens with zero attached hydrogens (tertiary/aromatic N) is 1. The van der Waals surface area contributed by atoms with Gasteiger partial charge in [-0.05, 0) is 49.9 Å². The quantitative estimate of drug-likeness (QED) is 0.813. The van der Waals surface area contributed by atoms with E-state index >= 15 is 0 Å². The molecule has 3 rings (SSSR count). The maximum absolute atomic E-state index is 12.5. The number of carbonyl (C=O) groups is 2. The summed E-state index contributed by atoms with van der Waals surface area (Å²) in [5.74, 6) is 1.34. The van der Waals surface area contributed by atoms with Gasteiger partial charge in [-0.2, -0.15) is 0 Å². The first kappa shape index (κ1) is 12.0. The molecular formula is C14H21NO3. The van der Waals surface area contributed by atoms with Crippen LogP contribution in [0.3, 0.4) is 0 Å². The zero-order chi connectivity index (χ0) is 12.9. The van der Waals surface area contributed by atoms with Gasteiger partial charge in [0.2, 0.25) is 5.91 Å². The van der Waals surface area contributed by atoms with Crippen LogP contribution in [-0.2, 0) is 9.59 Å². The molecular weight excluding hydrogens is 230 g/mol. The van der Waals surface area contributed by atoms with E-state index in [2.05, 4.69) is 6.92 Å². The zero-order valence-corrected chi connectivity index (χ0v) is 10.8. The normalized spacial score (nSPS) is 42.5. The van der Waals surface area contributed by atoms with Crippen molar-refractivity contribution < 1.29 is 14.7 Å². The number of hydrogen-bond donors (Lipinski definition) is 1. The second-order valence-electron chi connectivity index (χ2n) is 6.44. The van der Waals surface area contributed by atoms with Crippen molar-refractivity contribution in [2.45, 2.75) is 45.1 Å². The maximum atomic E-state index is 12.5. The van der Waals surface area contributed by atoms with Gasteiger partial charge in [-0.25, -0.2) is 4.79 Å². The summed E-state index contributed by atoms with van der Waals surface area (Å²) < 4.78 is 0. The first-order valence-corrected chi connectivity index (χ1v) is 7.09. The van der Waals surface area contributed by atoms with E-state index in [1.54, 1.807) is 4.90 Å². The van der Waals surface area contributed by atoms with Gasteiger partial charge in [-0.3, -0.25) is 4.79 Å². The summed E-state index contributed by atoms with van der Waals surface area (Å²) in [7, 11) is 0. The second kappa shape index (κ2) is 4.25. The van der Waals surface area contributed by atoms with Gasteiger partial charge in [0.05, 0.1) is 0 Å². The van der Waals surface area contributed by atoms with Gasteiger partial charge in [0.1, 0.15) is 6.04 Å². The molecule has 0 radical (unpaired) electrons. The fourth-order valence-electron chi connectivity index (χ4n) is 3.79.